The number of carbonyl (C=O) groups is 1. The molecule has 20 heavy (non-hydrogen) atoms. The van der Waals surface area contributed by atoms with Gasteiger partial charge in [-0.2, -0.15) is 0 Å². The number of benzene rings is 2. The van der Waals surface area contributed by atoms with Crippen molar-refractivity contribution in [3.8, 4) is 0 Å². The van der Waals surface area contributed by atoms with Crippen LogP contribution in [0, 0.1) is 6.92 Å². The minimum absolute atomic E-state index is 0.123. The standard InChI is InChI=1S/C17H19NO2/c1-13-8-6-7-11-15(13)12-18-17(19)16(20-2)14-9-4-3-5-10-14/h3-11,16H,12H2,1-2H3,(H,18,19)/t16-/m0/s1. The first kappa shape index (κ1) is 14.3. The van der Waals surface area contributed by atoms with E-state index >= 15 is 0 Å². The number of hydrogen-bond acceptors (Lipinski definition) is 2. The van der Waals surface area contributed by atoms with Crippen molar-refractivity contribution in [1.82, 2.24) is 5.32 Å². The highest BCUT2D eigenvalue weighted by molar-refractivity contribution is 5.82. The van der Waals surface area contributed by atoms with Crippen molar-refractivity contribution < 1.29 is 9.53 Å². The van der Waals surface area contributed by atoms with Crippen LogP contribution in [-0.4, -0.2) is 13.0 Å². The van der Waals surface area contributed by atoms with Gasteiger partial charge in [-0.15, -0.1) is 0 Å². The highest BCUT2D eigenvalue weighted by Crippen LogP contribution is 2.16. The summed E-state index contributed by atoms with van der Waals surface area (Å²) in [4.78, 5) is 12.2. The predicted octanol–water partition coefficient (Wildman–Crippen LogP) is 3.00. The van der Waals surface area contributed by atoms with E-state index < -0.39 is 6.10 Å². The number of rotatable bonds is 5. The van der Waals surface area contributed by atoms with Crippen LogP contribution >= 0.6 is 0 Å². The third kappa shape index (κ3) is 3.45. The summed E-state index contributed by atoms with van der Waals surface area (Å²) < 4.78 is 5.30. The van der Waals surface area contributed by atoms with Gasteiger partial charge in [-0.1, -0.05) is 54.6 Å². The summed E-state index contributed by atoms with van der Waals surface area (Å²) in [7, 11) is 1.55. The number of methoxy groups -OCH3 is 1. The van der Waals surface area contributed by atoms with Gasteiger partial charge in [-0.05, 0) is 23.6 Å². The van der Waals surface area contributed by atoms with Crippen molar-refractivity contribution in [2.75, 3.05) is 7.11 Å². The Bertz CT molecular complexity index is 566. The van der Waals surface area contributed by atoms with E-state index in [9.17, 15) is 4.79 Å². The zero-order valence-corrected chi connectivity index (χ0v) is 11.8. The van der Waals surface area contributed by atoms with Gasteiger partial charge in [0.2, 0.25) is 0 Å². The largest absolute Gasteiger partial charge is 0.367 e. The fourth-order valence-electron chi connectivity index (χ4n) is 2.11. The molecule has 0 saturated heterocycles. The molecule has 0 heterocycles. The van der Waals surface area contributed by atoms with Crippen molar-refractivity contribution in [3.05, 3.63) is 71.3 Å². The van der Waals surface area contributed by atoms with E-state index in [2.05, 4.69) is 5.32 Å². The molecule has 1 amide bonds. The quantitative estimate of drug-likeness (QED) is 0.906. The van der Waals surface area contributed by atoms with Crippen LogP contribution in [-0.2, 0) is 16.1 Å². The maximum atomic E-state index is 12.2. The lowest BCUT2D eigenvalue weighted by Gasteiger charge is -2.16. The number of ether oxygens (including phenoxy) is 1. The van der Waals surface area contributed by atoms with Gasteiger partial charge in [0, 0.05) is 13.7 Å². The summed E-state index contributed by atoms with van der Waals surface area (Å²) >= 11 is 0. The zero-order valence-electron chi connectivity index (χ0n) is 11.8. The lowest BCUT2D eigenvalue weighted by molar-refractivity contribution is -0.131. The van der Waals surface area contributed by atoms with Crippen molar-refractivity contribution in [2.45, 2.75) is 19.6 Å². The zero-order chi connectivity index (χ0) is 14.4. The van der Waals surface area contributed by atoms with Crippen molar-refractivity contribution in [2.24, 2.45) is 0 Å². The Morgan fingerprint density at radius 2 is 1.75 bits per heavy atom. The van der Waals surface area contributed by atoms with Crippen LogP contribution < -0.4 is 5.32 Å². The molecular weight excluding hydrogens is 250 g/mol. The lowest BCUT2D eigenvalue weighted by atomic mass is 10.1. The highest BCUT2D eigenvalue weighted by Gasteiger charge is 2.19. The smallest absolute Gasteiger partial charge is 0.254 e. The second-order valence-corrected chi connectivity index (χ2v) is 4.67. The van der Waals surface area contributed by atoms with Gasteiger partial charge in [0.15, 0.2) is 6.10 Å². The molecule has 1 atom stereocenters. The summed E-state index contributed by atoms with van der Waals surface area (Å²) in [5, 5.41) is 2.93. The van der Waals surface area contributed by atoms with Crippen molar-refractivity contribution >= 4 is 5.91 Å². The molecule has 0 aliphatic heterocycles. The van der Waals surface area contributed by atoms with Crippen LogP contribution in [0.15, 0.2) is 54.6 Å². The first-order chi connectivity index (χ1) is 9.72. The summed E-state index contributed by atoms with van der Waals surface area (Å²) in [6, 6.07) is 17.5. The van der Waals surface area contributed by atoms with Gasteiger partial charge >= 0.3 is 0 Å². The van der Waals surface area contributed by atoms with Crippen LogP contribution in [0.2, 0.25) is 0 Å². The van der Waals surface area contributed by atoms with E-state index in [0.717, 1.165) is 11.1 Å². The first-order valence-corrected chi connectivity index (χ1v) is 6.62. The fourth-order valence-corrected chi connectivity index (χ4v) is 2.11. The van der Waals surface area contributed by atoms with Crippen molar-refractivity contribution in [3.63, 3.8) is 0 Å². The molecule has 3 heteroatoms. The van der Waals surface area contributed by atoms with E-state index in [1.807, 2.05) is 61.5 Å². The molecule has 0 radical (unpaired) electrons. The molecule has 0 aliphatic carbocycles. The molecule has 2 aromatic rings. The Morgan fingerprint density at radius 3 is 2.40 bits per heavy atom. The SMILES string of the molecule is CO[C@H](C(=O)NCc1ccccc1C)c1ccccc1. The van der Waals surface area contributed by atoms with Crippen molar-refractivity contribution in [1.29, 1.82) is 0 Å². The summed E-state index contributed by atoms with van der Waals surface area (Å²) in [6.45, 7) is 2.55. The maximum Gasteiger partial charge on any atom is 0.254 e. The lowest BCUT2D eigenvalue weighted by Crippen LogP contribution is -2.30. The van der Waals surface area contributed by atoms with Crippen LogP contribution in [0.25, 0.3) is 0 Å². The van der Waals surface area contributed by atoms with Crippen LogP contribution in [0.3, 0.4) is 0 Å². The van der Waals surface area contributed by atoms with E-state index in [1.54, 1.807) is 7.11 Å². The molecule has 1 N–H and O–H groups in total. The van der Waals surface area contributed by atoms with E-state index in [0.29, 0.717) is 6.54 Å². The molecule has 2 aromatic carbocycles. The Kier molecular flexibility index (Phi) is 4.91. The second kappa shape index (κ2) is 6.87. The van der Waals surface area contributed by atoms with E-state index in [-0.39, 0.29) is 5.91 Å². The molecule has 0 unspecified atom stereocenters. The van der Waals surface area contributed by atoms with E-state index in [4.69, 9.17) is 4.74 Å². The average molecular weight is 269 g/mol. The Hall–Kier alpha value is -2.13. The topological polar surface area (TPSA) is 38.3 Å². The molecule has 3 nitrogen and oxygen atoms in total. The van der Waals surface area contributed by atoms with Gasteiger partial charge in [0.25, 0.3) is 5.91 Å². The molecule has 0 saturated carbocycles. The average Bonchev–Trinajstić information content (AvgIpc) is 2.48. The molecule has 0 bridgehead atoms. The molecule has 104 valence electrons. The Labute approximate surface area is 119 Å². The van der Waals surface area contributed by atoms with E-state index in [1.165, 1.54) is 5.56 Å². The molecule has 2 rings (SSSR count). The van der Waals surface area contributed by atoms with Gasteiger partial charge in [-0.3, -0.25) is 4.79 Å². The summed E-state index contributed by atoms with van der Waals surface area (Å²) in [5.41, 5.74) is 3.14. The summed E-state index contributed by atoms with van der Waals surface area (Å²) in [6.07, 6.45) is -0.569. The van der Waals surface area contributed by atoms with Gasteiger partial charge < -0.3 is 10.1 Å². The normalized spacial score (nSPS) is 11.9. The van der Waals surface area contributed by atoms with Gasteiger partial charge in [0.05, 0.1) is 0 Å². The maximum absolute atomic E-state index is 12.2. The van der Waals surface area contributed by atoms with Gasteiger partial charge in [0.1, 0.15) is 0 Å². The molecular formula is C17H19NO2. The molecule has 0 spiro atoms. The highest BCUT2D eigenvalue weighted by atomic mass is 16.5. The van der Waals surface area contributed by atoms with Gasteiger partial charge in [-0.25, -0.2) is 0 Å². The minimum atomic E-state index is -0.569. The first-order valence-electron chi connectivity index (χ1n) is 6.62. The number of aryl methyl sites for hydroxylation is 1. The number of nitrogens with one attached hydrogen (secondary N) is 1. The number of carbonyl (C=O) groups excluding carboxylic acids is 1. The Balaban J connectivity index is 2.02. The Morgan fingerprint density at radius 1 is 1.10 bits per heavy atom. The minimum Gasteiger partial charge on any atom is -0.367 e. The van der Waals surface area contributed by atoms with Crippen LogP contribution in [0.1, 0.15) is 22.8 Å². The monoisotopic (exact) mass is 269 g/mol. The molecule has 0 aliphatic rings. The number of hydrogen-bond donors (Lipinski definition) is 1. The third-order valence-corrected chi connectivity index (χ3v) is 3.29. The molecule has 0 fully saturated rings. The third-order valence-electron chi connectivity index (χ3n) is 3.29. The fraction of sp³-hybridized carbons (Fsp3) is 0.235. The molecule has 0 aromatic heterocycles. The second-order valence-electron chi connectivity index (χ2n) is 4.67. The predicted molar refractivity (Wildman–Crippen MR) is 79.2 cm³/mol. The van der Waals surface area contributed by atoms with Crippen LogP contribution in [0.5, 0.6) is 0 Å². The summed E-state index contributed by atoms with van der Waals surface area (Å²) in [5.74, 6) is -0.123. The van der Waals surface area contributed by atoms with Crippen LogP contribution in [0.4, 0.5) is 0 Å². The number of amides is 1.